The van der Waals surface area contributed by atoms with Gasteiger partial charge in [-0.3, -0.25) is 0 Å². The van der Waals surface area contributed by atoms with E-state index in [0.29, 0.717) is 13.0 Å². The SMILES string of the molecule is Fc1cc([C@@H]2CCCN2)c2c(c1F)OCC2. The van der Waals surface area contributed by atoms with Gasteiger partial charge in [-0.1, -0.05) is 0 Å². The van der Waals surface area contributed by atoms with E-state index in [0.717, 1.165) is 30.5 Å². The number of rotatable bonds is 1. The highest BCUT2D eigenvalue weighted by Crippen LogP contribution is 2.38. The fourth-order valence-corrected chi connectivity index (χ4v) is 2.58. The van der Waals surface area contributed by atoms with E-state index in [2.05, 4.69) is 5.32 Å². The van der Waals surface area contributed by atoms with Crippen molar-refractivity contribution in [1.82, 2.24) is 5.32 Å². The molecule has 1 aromatic rings. The Hall–Kier alpha value is -1.16. The Morgan fingerprint density at radius 3 is 3.00 bits per heavy atom. The Balaban J connectivity index is 2.11. The summed E-state index contributed by atoms with van der Waals surface area (Å²) in [5.41, 5.74) is 1.72. The van der Waals surface area contributed by atoms with Gasteiger partial charge in [0.25, 0.3) is 0 Å². The standard InChI is InChI=1S/C12H13F2NO/c13-9-6-8(10-2-1-4-15-10)7-3-5-16-12(7)11(9)14/h6,10,15H,1-5H2/t10-/m0/s1. The summed E-state index contributed by atoms with van der Waals surface area (Å²) in [6.45, 7) is 1.40. The highest BCUT2D eigenvalue weighted by molar-refractivity contribution is 5.46. The molecule has 1 fully saturated rings. The second-order valence-electron chi connectivity index (χ2n) is 4.32. The second-order valence-corrected chi connectivity index (χ2v) is 4.32. The number of ether oxygens (including phenoxy) is 1. The Morgan fingerprint density at radius 1 is 1.38 bits per heavy atom. The van der Waals surface area contributed by atoms with Crippen molar-refractivity contribution in [3.8, 4) is 5.75 Å². The Labute approximate surface area is 92.6 Å². The maximum Gasteiger partial charge on any atom is 0.200 e. The number of hydrogen-bond donors (Lipinski definition) is 1. The summed E-state index contributed by atoms with van der Waals surface area (Å²) in [6, 6.07) is 1.48. The summed E-state index contributed by atoms with van der Waals surface area (Å²) in [7, 11) is 0. The molecule has 16 heavy (non-hydrogen) atoms. The summed E-state index contributed by atoms with van der Waals surface area (Å²) in [6.07, 6.45) is 2.75. The van der Waals surface area contributed by atoms with Crippen LogP contribution >= 0.6 is 0 Å². The molecule has 0 spiro atoms. The molecule has 2 aliphatic rings. The molecule has 2 nitrogen and oxygen atoms in total. The van der Waals surface area contributed by atoms with Crippen LogP contribution in [0.5, 0.6) is 5.75 Å². The van der Waals surface area contributed by atoms with Crippen molar-refractivity contribution in [2.75, 3.05) is 13.2 Å². The van der Waals surface area contributed by atoms with Crippen LogP contribution in [-0.4, -0.2) is 13.2 Å². The molecule has 0 amide bonds. The largest absolute Gasteiger partial charge is 0.490 e. The van der Waals surface area contributed by atoms with Crippen molar-refractivity contribution in [3.63, 3.8) is 0 Å². The first-order chi connectivity index (χ1) is 7.77. The lowest BCUT2D eigenvalue weighted by atomic mass is 9.97. The fourth-order valence-electron chi connectivity index (χ4n) is 2.58. The number of nitrogens with one attached hydrogen (secondary N) is 1. The van der Waals surface area contributed by atoms with Gasteiger partial charge in [0.15, 0.2) is 11.6 Å². The van der Waals surface area contributed by atoms with Crippen LogP contribution in [0.3, 0.4) is 0 Å². The van der Waals surface area contributed by atoms with Crippen molar-refractivity contribution in [3.05, 3.63) is 28.8 Å². The van der Waals surface area contributed by atoms with E-state index in [1.165, 1.54) is 6.07 Å². The molecule has 0 saturated carbocycles. The van der Waals surface area contributed by atoms with Crippen LogP contribution in [-0.2, 0) is 6.42 Å². The van der Waals surface area contributed by atoms with Gasteiger partial charge in [-0.2, -0.15) is 4.39 Å². The molecule has 1 atom stereocenters. The average Bonchev–Trinajstić information content (AvgIpc) is 2.93. The summed E-state index contributed by atoms with van der Waals surface area (Å²) in [5.74, 6) is -1.51. The minimum absolute atomic E-state index is 0.128. The summed E-state index contributed by atoms with van der Waals surface area (Å²) in [5, 5.41) is 3.30. The van der Waals surface area contributed by atoms with E-state index < -0.39 is 11.6 Å². The van der Waals surface area contributed by atoms with Crippen molar-refractivity contribution in [1.29, 1.82) is 0 Å². The normalized spacial score (nSPS) is 23.2. The third kappa shape index (κ3) is 1.40. The first-order valence-electron chi connectivity index (χ1n) is 5.64. The van der Waals surface area contributed by atoms with Gasteiger partial charge in [0.05, 0.1) is 6.61 Å². The Morgan fingerprint density at radius 2 is 2.25 bits per heavy atom. The first-order valence-corrected chi connectivity index (χ1v) is 5.64. The number of hydrogen-bond acceptors (Lipinski definition) is 2. The zero-order valence-electron chi connectivity index (χ0n) is 8.85. The number of benzene rings is 1. The average molecular weight is 225 g/mol. The predicted molar refractivity (Wildman–Crippen MR) is 55.5 cm³/mol. The van der Waals surface area contributed by atoms with Crippen LogP contribution in [0.15, 0.2) is 6.07 Å². The molecular weight excluding hydrogens is 212 g/mol. The molecule has 4 heteroatoms. The van der Waals surface area contributed by atoms with Crippen LogP contribution in [0.2, 0.25) is 0 Å². The topological polar surface area (TPSA) is 21.3 Å². The van der Waals surface area contributed by atoms with Crippen molar-refractivity contribution in [2.24, 2.45) is 0 Å². The molecule has 0 unspecified atom stereocenters. The molecule has 0 aliphatic carbocycles. The lowest BCUT2D eigenvalue weighted by Crippen LogP contribution is -2.15. The van der Waals surface area contributed by atoms with Crippen LogP contribution in [0.4, 0.5) is 8.78 Å². The van der Waals surface area contributed by atoms with E-state index in [1.54, 1.807) is 0 Å². The summed E-state index contributed by atoms with van der Waals surface area (Å²) in [4.78, 5) is 0. The van der Waals surface area contributed by atoms with Gasteiger partial charge in [-0.05, 0) is 31.0 Å². The molecule has 2 aliphatic heterocycles. The van der Waals surface area contributed by atoms with E-state index in [-0.39, 0.29) is 11.8 Å². The van der Waals surface area contributed by atoms with Gasteiger partial charge in [0.2, 0.25) is 5.82 Å². The van der Waals surface area contributed by atoms with E-state index >= 15 is 0 Å². The smallest absolute Gasteiger partial charge is 0.200 e. The van der Waals surface area contributed by atoms with Gasteiger partial charge < -0.3 is 10.1 Å². The third-order valence-electron chi connectivity index (χ3n) is 3.35. The zero-order valence-corrected chi connectivity index (χ0v) is 8.85. The molecular formula is C12H13F2NO. The maximum absolute atomic E-state index is 13.4. The quantitative estimate of drug-likeness (QED) is 0.792. The van der Waals surface area contributed by atoms with Gasteiger partial charge >= 0.3 is 0 Å². The second kappa shape index (κ2) is 3.70. The van der Waals surface area contributed by atoms with Crippen molar-refractivity contribution >= 4 is 0 Å². The predicted octanol–water partition coefficient (Wildman–Crippen LogP) is 2.32. The highest BCUT2D eigenvalue weighted by atomic mass is 19.2. The van der Waals surface area contributed by atoms with Crippen LogP contribution in [0.25, 0.3) is 0 Å². The molecule has 1 saturated heterocycles. The lowest BCUT2D eigenvalue weighted by Gasteiger charge is -2.15. The molecule has 1 N–H and O–H groups in total. The Kier molecular flexibility index (Phi) is 2.32. The summed E-state index contributed by atoms with van der Waals surface area (Å²) >= 11 is 0. The minimum atomic E-state index is -0.839. The minimum Gasteiger partial charge on any atom is -0.490 e. The third-order valence-corrected chi connectivity index (χ3v) is 3.35. The van der Waals surface area contributed by atoms with Gasteiger partial charge in [0.1, 0.15) is 0 Å². The zero-order chi connectivity index (χ0) is 11.1. The number of fused-ring (bicyclic) bond motifs is 1. The molecule has 3 rings (SSSR count). The van der Waals surface area contributed by atoms with E-state index in [9.17, 15) is 8.78 Å². The first kappa shape index (κ1) is 10.0. The number of halogens is 2. The molecule has 1 aromatic carbocycles. The van der Waals surface area contributed by atoms with Crippen LogP contribution in [0, 0.1) is 11.6 Å². The van der Waals surface area contributed by atoms with Gasteiger partial charge in [-0.25, -0.2) is 4.39 Å². The molecule has 0 aromatic heterocycles. The van der Waals surface area contributed by atoms with Crippen molar-refractivity contribution in [2.45, 2.75) is 25.3 Å². The molecule has 2 heterocycles. The highest BCUT2D eigenvalue weighted by Gasteiger charge is 2.28. The van der Waals surface area contributed by atoms with Crippen LogP contribution in [0.1, 0.15) is 30.0 Å². The molecule has 86 valence electrons. The van der Waals surface area contributed by atoms with Crippen LogP contribution < -0.4 is 10.1 Å². The summed E-state index contributed by atoms with van der Waals surface area (Å²) < 4.78 is 32.0. The Bertz CT molecular complexity index is 428. The van der Waals surface area contributed by atoms with Gasteiger partial charge in [0, 0.05) is 18.0 Å². The van der Waals surface area contributed by atoms with Crippen molar-refractivity contribution < 1.29 is 13.5 Å². The monoisotopic (exact) mass is 225 g/mol. The molecule has 0 radical (unpaired) electrons. The lowest BCUT2D eigenvalue weighted by molar-refractivity contribution is 0.331. The van der Waals surface area contributed by atoms with E-state index in [1.807, 2.05) is 0 Å². The fraction of sp³-hybridized carbons (Fsp3) is 0.500. The van der Waals surface area contributed by atoms with E-state index in [4.69, 9.17) is 4.74 Å². The molecule has 0 bridgehead atoms. The maximum atomic E-state index is 13.4. The van der Waals surface area contributed by atoms with Gasteiger partial charge in [-0.15, -0.1) is 0 Å².